The summed E-state index contributed by atoms with van der Waals surface area (Å²) in [5.74, 6) is 0. The van der Waals surface area contributed by atoms with Crippen LogP contribution in [0.4, 0.5) is 0 Å². The van der Waals surface area contributed by atoms with Crippen molar-refractivity contribution >= 4 is 0 Å². The lowest BCUT2D eigenvalue weighted by molar-refractivity contribution is 0.546. The molecule has 2 rings (SSSR count). The van der Waals surface area contributed by atoms with Crippen LogP contribution < -0.4 is 0 Å². The molecule has 0 radical (unpaired) electrons. The molecule has 1 aromatic heterocycles. The van der Waals surface area contributed by atoms with Gasteiger partial charge in [0.1, 0.15) is 0 Å². The van der Waals surface area contributed by atoms with Crippen LogP contribution in [0.3, 0.4) is 0 Å². The second kappa shape index (κ2) is 3.89. The van der Waals surface area contributed by atoms with Crippen LogP contribution in [0.1, 0.15) is 29.9 Å². The van der Waals surface area contributed by atoms with E-state index in [9.17, 15) is 0 Å². The summed E-state index contributed by atoms with van der Waals surface area (Å²) < 4.78 is 2.07. The number of nitrogens with zero attached hydrogens (tertiary/aromatic N) is 2. The van der Waals surface area contributed by atoms with Crippen molar-refractivity contribution < 1.29 is 0 Å². The van der Waals surface area contributed by atoms with E-state index in [-0.39, 0.29) is 0 Å². The van der Waals surface area contributed by atoms with Crippen LogP contribution >= 0.6 is 0 Å². The Morgan fingerprint density at radius 3 is 2.33 bits per heavy atom. The normalized spacial score (nSPS) is 12.7. The van der Waals surface area contributed by atoms with Gasteiger partial charge >= 0.3 is 0 Å². The van der Waals surface area contributed by atoms with Crippen LogP contribution in [-0.4, -0.2) is 9.78 Å². The molecule has 0 fully saturated rings. The summed E-state index contributed by atoms with van der Waals surface area (Å²) in [5.41, 5.74) is 3.59. The Labute approximate surface area is 90.6 Å². The fourth-order valence-electron chi connectivity index (χ4n) is 1.91. The molecule has 15 heavy (non-hydrogen) atoms. The molecule has 78 valence electrons. The molecule has 0 N–H and O–H groups in total. The fraction of sp³-hybridized carbons (Fsp3) is 0.308. The highest BCUT2D eigenvalue weighted by Gasteiger charge is 2.10. The van der Waals surface area contributed by atoms with Crippen molar-refractivity contribution in [2.24, 2.45) is 0 Å². The lowest BCUT2D eigenvalue weighted by atomic mass is 10.1. The van der Waals surface area contributed by atoms with Crippen LogP contribution in [-0.2, 0) is 0 Å². The topological polar surface area (TPSA) is 17.8 Å². The minimum absolute atomic E-state index is 0.305. The highest BCUT2D eigenvalue weighted by atomic mass is 15.3. The maximum absolute atomic E-state index is 4.50. The zero-order chi connectivity index (χ0) is 10.8. The molecule has 0 saturated heterocycles. The Hall–Kier alpha value is -1.57. The fourth-order valence-corrected chi connectivity index (χ4v) is 1.91. The van der Waals surface area contributed by atoms with Crippen LogP contribution in [0.25, 0.3) is 0 Å². The van der Waals surface area contributed by atoms with Crippen LogP contribution in [0.5, 0.6) is 0 Å². The van der Waals surface area contributed by atoms with Crippen molar-refractivity contribution in [3.05, 3.63) is 53.3 Å². The number of aryl methyl sites for hydroxylation is 2. The largest absolute Gasteiger partial charge is 0.262 e. The van der Waals surface area contributed by atoms with E-state index >= 15 is 0 Å². The number of aromatic nitrogens is 2. The van der Waals surface area contributed by atoms with Crippen molar-refractivity contribution in [1.82, 2.24) is 9.78 Å². The van der Waals surface area contributed by atoms with Gasteiger partial charge in [0.2, 0.25) is 0 Å². The Bertz CT molecular complexity index is 443. The summed E-state index contributed by atoms with van der Waals surface area (Å²) in [7, 11) is 0. The van der Waals surface area contributed by atoms with E-state index in [0.29, 0.717) is 6.04 Å². The van der Waals surface area contributed by atoms with Gasteiger partial charge in [0.15, 0.2) is 0 Å². The first-order valence-corrected chi connectivity index (χ1v) is 5.26. The summed E-state index contributed by atoms with van der Waals surface area (Å²) >= 11 is 0. The molecule has 0 bridgehead atoms. The van der Waals surface area contributed by atoms with Gasteiger partial charge in [0.25, 0.3) is 0 Å². The van der Waals surface area contributed by atoms with Gasteiger partial charge in [-0.15, -0.1) is 0 Å². The monoisotopic (exact) mass is 200 g/mol. The van der Waals surface area contributed by atoms with Crippen molar-refractivity contribution in [1.29, 1.82) is 0 Å². The van der Waals surface area contributed by atoms with Crippen LogP contribution in [0.2, 0.25) is 0 Å². The second-order valence-corrected chi connectivity index (χ2v) is 3.96. The minimum atomic E-state index is 0.305. The van der Waals surface area contributed by atoms with Gasteiger partial charge in [-0.2, -0.15) is 5.10 Å². The summed E-state index contributed by atoms with van der Waals surface area (Å²) in [5, 5.41) is 4.50. The summed E-state index contributed by atoms with van der Waals surface area (Å²) in [6.45, 7) is 6.30. The molecule has 0 amide bonds. The lowest BCUT2D eigenvalue weighted by Gasteiger charge is -2.14. The molecule has 0 aliphatic carbocycles. The molecule has 1 unspecified atom stereocenters. The molecule has 2 aromatic rings. The summed E-state index contributed by atoms with van der Waals surface area (Å²) in [6, 6.07) is 12.9. The van der Waals surface area contributed by atoms with E-state index in [1.165, 1.54) is 11.3 Å². The van der Waals surface area contributed by atoms with E-state index in [2.05, 4.69) is 54.0 Å². The van der Waals surface area contributed by atoms with Crippen molar-refractivity contribution in [3.63, 3.8) is 0 Å². The molecule has 1 atom stereocenters. The predicted molar refractivity (Wildman–Crippen MR) is 62.0 cm³/mol. The zero-order valence-corrected chi connectivity index (χ0v) is 9.44. The summed E-state index contributed by atoms with van der Waals surface area (Å²) in [4.78, 5) is 0. The van der Waals surface area contributed by atoms with Gasteiger partial charge in [-0.05, 0) is 32.4 Å². The molecule has 0 saturated carbocycles. The quantitative estimate of drug-likeness (QED) is 0.728. The Kier molecular flexibility index (Phi) is 2.58. The van der Waals surface area contributed by atoms with Crippen molar-refractivity contribution in [2.75, 3.05) is 0 Å². The smallest absolute Gasteiger partial charge is 0.0743 e. The number of hydrogen-bond acceptors (Lipinski definition) is 1. The molecular formula is C13H16N2. The number of rotatable bonds is 2. The maximum Gasteiger partial charge on any atom is 0.0743 e. The summed E-state index contributed by atoms with van der Waals surface area (Å²) in [6.07, 6.45) is 0. The van der Waals surface area contributed by atoms with E-state index < -0.39 is 0 Å². The number of benzene rings is 1. The zero-order valence-electron chi connectivity index (χ0n) is 9.44. The maximum atomic E-state index is 4.50. The third-order valence-corrected chi connectivity index (χ3v) is 2.69. The average Bonchev–Trinajstić information content (AvgIpc) is 2.58. The first kappa shape index (κ1) is 9.97. The van der Waals surface area contributed by atoms with Gasteiger partial charge in [-0.3, -0.25) is 4.68 Å². The third-order valence-electron chi connectivity index (χ3n) is 2.69. The van der Waals surface area contributed by atoms with Gasteiger partial charge in [-0.25, -0.2) is 0 Å². The minimum Gasteiger partial charge on any atom is -0.262 e. The predicted octanol–water partition coefficient (Wildman–Crippen LogP) is 3.11. The average molecular weight is 200 g/mol. The molecule has 0 spiro atoms. The molecule has 0 aliphatic heterocycles. The highest BCUT2D eigenvalue weighted by Crippen LogP contribution is 2.18. The molecule has 2 heteroatoms. The SMILES string of the molecule is Cc1cc(C)n(C(C)c2ccccc2)n1. The van der Waals surface area contributed by atoms with Gasteiger partial charge in [0, 0.05) is 5.69 Å². The standard InChI is InChI=1S/C13H16N2/c1-10-9-11(2)15(14-10)12(3)13-7-5-4-6-8-13/h4-9,12H,1-3H3. The molecule has 0 aliphatic rings. The molecule has 2 nitrogen and oxygen atoms in total. The molecule has 1 heterocycles. The lowest BCUT2D eigenvalue weighted by Crippen LogP contribution is -2.10. The van der Waals surface area contributed by atoms with Crippen molar-refractivity contribution in [2.45, 2.75) is 26.8 Å². The molecular weight excluding hydrogens is 184 g/mol. The molecule has 1 aromatic carbocycles. The van der Waals surface area contributed by atoms with E-state index in [0.717, 1.165) is 5.69 Å². The van der Waals surface area contributed by atoms with Gasteiger partial charge in [-0.1, -0.05) is 30.3 Å². The second-order valence-electron chi connectivity index (χ2n) is 3.96. The van der Waals surface area contributed by atoms with Crippen molar-refractivity contribution in [3.8, 4) is 0 Å². The highest BCUT2D eigenvalue weighted by molar-refractivity contribution is 5.20. The first-order chi connectivity index (χ1) is 7.18. The first-order valence-electron chi connectivity index (χ1n) is 5.26. The van der Waals surface area contributed by atoms with Gasteiger partial charge < -0.3 is 0 Å². The van der Waals surface area contributed by atoms with Gasteiger partial charge in [0.05, 0.1) is 11.7 Å². The Morgan fingerprint density at radius 2 is 1.80 bits per heavy atom. The third kappa shape index (κ3) is 1.94. The van der Waals surface area contributed by atoms with E-state index in [1.807, 2.05) is 13.0 Å². The Morgan fingerprint density at radius 1 is 1.13 bits per heavy atom. The number of hydrogen-bond donors (Lipinski definition) is 0. The van der Waals surface area contributed by atoms with Crippen LogP contribution in [0, 0.1) is 13.8 Å². The van der Waals surface area contributed by atoms with E-state index in [4.69, 9.17) is 0 Å². The van der Waals surface area contributed by atoms with Crippen LogP contribution in [0.15, 0.2) is 36.4 Å². The van der Waals surface area contributed by atoms with E-state index in [1.54, 1.807) is 0 Å². The Balaban J connectivity index is 2.36.